The van der Waals surface area contributed by atoms with Gasteiger partial charge in [-0.15, -0.1) is 0 Å². The molecule has 29 heavy (non-hydrogen) atoms. The van der Waals surface area contributed by atoms with Gasteiger partial charge in [-0.1, -0.05) is 0 Å². The second kappa shape index (κ2) is 7.90. The number of pyridine rings is 1. The van der Waals surface area contributed by atoms with E-state index in [0.717, 1.165) is 25.9 Å². The van der Waals surface area contributed by atoms with E-state index < -0.39 is 6.43 Å². The van der Waals surface area contributed by atoms with E-state index in [1.54, 1.807) is 19.1 Å². The lowest BCUT2D eigenvalue weighted by Crippen LogP contribution is -2.44. The first-order valence-electron chi connectivity index (χ1n) is 9.60. The molecule has 0 radical (unpaired) electrons. The van der Waals surface area contributed by atoms with Crippen molar-refractivity contribution in [3.05, 3.63) is 35.7 Å². The number of aromatic nitrogens is 3. The summed E-state index contributed by atoms with van der Waals surface area (Å²) < 4.78 is 34.2. The van der Waals surface area contributed by atoms with Crippen LogP contribution in [0.2, 0.25) is 0 Å². The monoisotopic (exact) mass is 403 g/mol. The average molecular weight is 403 g/mol. The van der Waals surface area contributed by atoms with Gasteiger partial charge in [-0.25, -0.2) is 18.4 Å². The maximum Gasteiger partial charge on any atom is 0.264 e. The van der Waals surface area contributed by atoms with Crippen LogP contribution in [0, 0.1) is 6.92 Å². The number of likely N-dealkylation sites (tertiary alicyclic amines) is 1. The molecule has 154 valence electrons. The molecule has 7 nitrogen and oxygen atoms in total. The number of halogens is 2. The van der Waals surface area contributed by atoms with Crippen molar-refractivity contribution in [1.82, 2.24) is 25.0 Å². The summed E-state index contributed by atoms with van der Waals surface area (Å²) in [7, 11) is 2.06. The lowest BCUT2D eigenvalue weighted by atomic mass is 10.1. The van der Waals surface area contributed by atoms with Crippen LogP contribution in [0.1, 0.15) is 30.5 Å². The molecule has 4 heterocycles. The Bertz CT molecular complexity index is 1010. The highest BCUT2D eigenvalue weighted by Crippen LogP contribution is 2.33. The van der Waals surface area contributed by atoms with Crippen molar-refractivity contribution in [1.29, 1.82) is 0 Å². The van der Waals surface area contributed by atoms with Gasteiger partial charge >= 0.3 is 0 Å². The summed E-state index contributed by atoms with van der Waals surface area (Å²) in [4.78, 5) is 19.3. The number of fused-ring (bicyclic) bond motifs is 1. The number of carbonyl (C=O) groups is 1. The normalized spacial score (nSPS) is 16.0. The number of nitrogens with zero attached hydrogens (tertiary/aromatic N) is 4. The Kier molecular flexibility index (Phi) is 5.31. The number of aryl methyl sites for hydroxylation is 1. The van der Waals surface area contributed by atoms with Crippen LogP contribution in [-0.4, -0.2) is 51.8 Å². The fourth-order valence-corrected chi connectivity index (χ4v) is 3.78. The van der Waals surface area contributed by atoms with Gasteiger partial charge in [0.2, 0.25) is 5.91 Å². The molecule has 1 saturated heterocycles. The van der Waals surface area contributed by atoms with Gasteiger partial charge in [0.05, 0.1) is 17.3 Å². The molecule has 0 unspecified atom stereocenters. The van der Waals surface area contributed by atoms with Crippen molar-refractivity contribution < 1.29 is 18.0 Å². The zero-order chi connectivity index (χ0) is 20.5. The predicted molar refractivity (Wildman–Crippen MR) is 104 cm³/mol. The maximum absolute atomic E-state index is 13.7. The van der Waals surface area contributed by atoms with Crippen LogP contribution >= 0.6 is 0 Å². The molecular formula is C20H23F2N5O2. The van der Waals surface area contributed by atoms with Crippen molar-refractivity contribution >= 4 is 16.9 Å². The summed E-state index contributed by atoms with van der Waals surface area (Å²) in [6.07, 6.45) is 0.536. The predicted octanol–water partition coefficient (Wildman–Crippen LogP) is 3.15. The second-order valence-corrected chi connectivity index (χ2v) is 7.46. The SMILES string of the molecule is Cc1nn(CC(=O)NC2CCN(C)CC2)c2nc(-c3ccco3)cc(C(F)F)c12. The van der Waals surface area contributed by atoms with Crippen LogP contribution in [-0.2, 0) is 11.3 Å². The quantitative estimate of drug-likeness (QED) is 0.708. The van der Waals surface area contributed by atoms with E-state index in [1.165, 1.54) is 17.0 Å². The topological polar surface area (TPSA) is 76.2 Å². The Balaban J connectivity index is 1.65. The minimum Gasteiger partial charge on any atom is -0.463 e. The largest absolute Gasteiger partial charge is 0.463 e. The number of hydrogen-bond acceptors (Lipinski definition) is 5. The number of carbonyl (C=O) groups excluding carboxylic acids is 1. The van der Waals surface area contributed by atoms with Crippen LogP contribution in [0.3, 0.4) is 0 Å². The Morgan fingerprint density at radius 1 is 1.38 bits per heavy atom. The standard InChI is InChI=1S/C20H23F2N5O2/c1-12-18-14(19(21)22)10-15(16-4-3-9-29-16)24-20(18)27(25-12)11-17(28)23-13-5-7-26(2)8-6-13/h3-4,9-10,13,19H,5-8,11H2,1-2H3,(H,23,28). The van der Waals surface area contributed by atoms with Gasteiger partial charge in [0, 0.05) is 11.6 Å². The number of nitrogens with one attached hydrogen (secondary N) is 1. The van der Waals surface area contributed by atoms with E-state index >= 15 is 0 Å². The van der Waals surface area contributed by atoms with Crippen LogP contribution in [0.5, 0.6) is 0 Å². The molecular weight excluding hydrogens is 380 g/mol. The number of piperidine rings is 1. The van der Waals surface area contributed by atoms with Gasteiger partial charge in [-0.2, -0.15) is 5.10 Å². The summed E-state index contributed by atoms with van der Waals surface area (Å²) in [5, 5.41) is 7.62. The first kappa shape index (κ1) is 19.5. The van der Waals surface area contributed by atoms with E-state index in [1.807, 2.05) is 0 Å². The number of alkyl halides is 2. The van der Waals surface area contributed by atoms with Crippen LogP contribution in [0.15, 0.2) is 28.9 Å². The molecule has 1 amide bonds. The molecule has 1 aliphatic heterocycles. The Hall–Kier alpha value is -2.81. The molecule has 1 fully saturated rings. The molecule has 0 aromatic carbocycles. The van der Waals surface area contributed by atoms with Crippen molar-refractivity contribution in [2.24, 2.45) is 0 Å². The van der Waals surface area contributed by atoms with Crippen molar-refractivity contribution in [2.45, 2.75) is 38.8 Å². The minimum atomic E-state index is -2.70. The fraction of sp³-hybridized carbons (Fsp3) is 0.450. The van der Waals surface area contributed by atoms with Crippen molar-refractivity contribution in [3.8, 4) is 11.5 Å². The molecule has 3 aromatic rings. The Labute approximate surface area is 166 Å². The smallest absolute Gasteiger partial charge is 0.264 e. The lowest BCUT2D eigenvalue weighted by Gasteiger charge is -2.29. The molecule has 1 aliphatic rings. The molecule has 4 rings (SSSR count). The van der Waals surface area contributed by atoms with Gasteiger partial charge in [-0.3, -0.25) is 4.79 Å². The maximum atomic E-state index is 13.7. The number of rotatable bonds is 5. The lowest BCUT2D eigenvalue weighted by molar-refractivity contribution is -0.122. The molecule has 0 atom stereocenters. The second-order valence-electron chi connectivity index (χ2n) is 7.46. The summed E-state index contributed by atoms with van der Waals surface area (Å²) >= 11 is 0. The first-order valence-corrected chi connectivity index (χ1v) is 9.60. The fourth-order valence-electron chi connectivity index (χ4n) is 3.78. The highest BCUT2D eigenvalue weighted by Gasteiger charge is 2.24. The van der Waals surface area contributed by atoms with Crippen LogP contribution in [0.4, 0.5) is 8.78 Å². The summed E-state index contributed by atoms with van der Waals surface area (Å²) in [5.41, 5.74) is 0.793. The van der Waals surface area contributed by atoms with Crippen LogP contribution in [0.25, 0.3) is 22.5 Å². The summed E-state index contributed by atoms with van der Waals surface area (Å²) in [6, 6.07) is 4.76. The molecule has 0 aliphatic carbocycles. The molecule has 9 heteroatoms. The van der Waals surface area contributed by atoms with Gasteiger partial charge in [-0.05, 0) is 58.1 Å². The molecule has 0 spiro atoms. The van der Waals surface area contributed by atoms with Crippen molar-refractivity contribution in [3.63, 3.8) is 0 Å². The zero-order valence-electron chi connectivity index (χ0n) is 16.4. The number of amides is 1. The third-order valence-corrected chi connectivity index (χ3v) is 5.29. The third-order valence-electron chi connectivity index (χ3n) is 5.29. The van der Waals surface area contributed by atoms with Crippen molar-refractivity contribution in [2.75, 3.05) is 20.1 Å². The Morgan fingerprint density at radius 2 is 2.14 bits per heavy atom. The van der Waals surface area contributed by atoms with E-state index in [9.17, 15) is 13.6 Å². The highest BCUT2D eigenvalue weighted by atomic mass is 19.3. The van der Waals surface area contributed by atoms with Gasteiger partial charge < -0.3 is 14.6 Å². The zero-order valence-corrected chi connectivity index (χ0v) is 16.4. The van der Waals surface area contributed by atoms with Gasteiger partial charge in [0.25, 0.3) is 6.43 Å². The van der Waals surface area contributed by atoms with E-state index in [0.29, 0.717) is 11.5 Å². The first-order chi connectivity index (χ1) is 13.9. The van der Waals surface area contributed by atoms with E-state index in [4.69, 9.17) is 4.42 Å². The molecule has 3 aromatic heterocycles. The summed E-state index contributed by atoms with van der Waals surface area (Å²) in [5.74, 6) is 0.183. The molecule has 1 N–H and O–H groups in total. The average Bonchev–Trinajstić information content (AvgIpc) is 3.32. The number of furan rings is 1. The Morgan fingerprint density at radius 3 is 2.79 bits per heavy atom. The van der Waals surface area contributed by atoms with Gasteiger partial charge in [0.15, 0.2) is 11.4 Å². The molecule has 0 saturated carbocycles. The highest BCUT2D eigenvalue weighted by molar-refractivity contribution is 5.86. The minimum absolute atomic E-state index is 0.0754. The summed E-state index contributed by atoms with van der Waals surface area (Å²) in [6.45, 7) is 3.43. The molecule has 0 bridgehead atoms. The third kappa shape index (κ3) is 4.00. The number of hydrogen-bond donors (Lipinski definition) is 1. The van der Waals surface area contributed by atoms with E-state index in [-0.39, 0.29) is 40.8 Å². The van der Waals surface area contributed by atoms with Gasteiger partial charge in [0.1, 0.15) is 12.2 Å². The van der Waals surface area contributed by atoms with E-state index in [2.05, 4.69) is 27.3 Å². The van der Waals surface area contributed by atoms with Crippen LogP contribution < -0.4 is 5.32 Å².